The first kappa shape index (κ1) is 21.1. The summed E-state index contributed by atoms with van der Waals surface area (Å²) in [5.74, 6) is 0.0404. The quantitative estimate of drug-likeness (QED) is 0.481. The lowest BCUT2D eigenvalue weighted by atomic mass is 9.78. The van der Waals surface area contributed by atoms with Gasteiger partial charge in [0.15, 0.2) is 0 Å². The highest BCUT2D eigenvalue weighted by atomic mass is 16.4. The summed E-state index contributed by atoms with van der Waals surface area (Å²) in [6.07, 6.45) is 10.5. The fraction of sp³-hybridized carbons (Fsp3) is 0.900. The van der Waals surface area contributed by atoms with E-state index in [2.05, 4.69) is 13.8 Å². The van der Waals surface area contributed by atoms with Gasteiger partial charge in [0.1, 0.15) is 5.78 Å². The summed E-state index contributed by atoms with van der Waals surface area (Å²) < 4.78 is 0. The molecule has 140 valence electrons. The van der Waals surface area contributed by atoms with E-state index in [1.165, 1.54) is 25.7 Å². The Bertz CT molecular complexity index is 380. The number of carbonyl (C=O) groups is 2. The topological polar surface area (TPSA) is 74.6 Å². The van der Waals surface area contributed by atoms with Crippen LogP contribution >= 0.6 is 0 Å². The molecule has 1 aliphatic carbocycles. The van der Waals surface area contributed by atoms with Crippen LogP contribution in [0.4, 0.5) is 0 Å². The Balaban J connectivity index is 2.36. The molecule has 1 aliphatic rings. The average Bonchev–Trinajstić information content (AvgIpc) is 2.80. The molecule has 0 aromatic heterocycles. The molecule has 1 saturated carbocycles. The molecule has 4 unspecified atom stereocenters. The number of ketones is 1. The van der Waals surface area contributed by atoms with Gasteiger partial charge in [-0.05, 0) is 24.7 Å². The zero-order chi connectivity index (χ0) is 17.9. The molecule has 0 radical (unpaired) electrons. The summed E-state index contributed by atoms with van der Waals surface area (Å²) in [7, 11) is 0. The van der Waals surface area contributed by atoms with Crippen molar-refractivity contribution in [2.45, 2.75) is 97.0 Å². The predicted molar refractivity (Wildman–Crippen MR) is 95.9 cm³/mol. The number of hydrogen-bond donors (Lipinski definition) is 2. The fourth-order valence-corrected chi connectivity index (χ4v) is 4.19. The molecule has 0 amide bonds. The third-order valence-corrected chi connectivity index (χ3v) is 5.56. The van der Waals surface area contributed by atoms with Crippen LogP contribution in [-0.2, 0) is 9.59 Å². The largest absolute Gasteiger partial charge is 0.481 e. The van der Waals surface area contributed by atoms with E-state index in [1.54, 1.807) is 0 Å². The van der Waals surface area contributed by atoms with Crippen molar-refractivity contribution in [3.8, 4) is 0 Å². The van der Waals surface area contributed by atoms with Gasteiger partial charge in [0, 0.05) is 18.8 Å². The van der Waals surface area contributed by atoms with Gasteiger partial charge in [-0.25, -0.2) is 0 Å². The van der Waals surface area contributed by atoms with Crippen LogP contribution in [0.2, 0.25) is 0 Å². The number of aliphatic hydroxyl groups is 1. The Morgan fingerprint density at radius 2 is 1.79 bits per heavy atom. The molecule has 0 aliphatic heterocycles. The molecule has 1 rings (SSSR count). The summed E-state index contributed by atoms with van der Waals surface area (Å²) in [4.78, 5) is 22.7. The molecule has 4 atom stereocenters. The maximum Gasteiger partial charge on any atom is 0.303 e. The third kappa shape index (κ3) is 7.33. The van der Waals surface area contributed by atoms with Crippen LogP contribution in [0.5, 0.6) is 0 Å². The van der Waals surface area contributed by atoms with Gasteiger partial charge in [0.05, 0.1) is 6.10 Å². The summed E-state index contributed by atoms with van der Waals surface area (Å²) in [5.41, 5.74) is 0. The molecule has 0 bridgehead atoms. The number of carbonyl (C=O) groups excluding carboxylic acids is 1. The maximum atomic E-state index is 12.2. The second-order valence-electron chi connectivity index (χ2n) is 7.59. The second kappa shape index (κ2) is 11.6. The van der Waals surface area contributed by atoms with E-state index < -0.39 is 12.1 Å². The van der Waals surface area contributed by atoms with Crippen LogP contribution in [0.1, 0.15) is 90.9 Å². The number of carboxylic acid groups (broad SMARTS) is 1. The van der Waals surface area contributed by atoms with E-state index >= 15 is 0 Å². The van der Waals surface area contributed by atoms with Gasteiger partial charge in [0.2, 0.25) is 0 Å². The molecule has 4 nitrogen and oxygen atoms in total. The number of unbranched alkanes of at least 4 members (excludes halogenated alkanes) is 6. The maximum absolute atomic E-state index is 12.2. The molecule has 0 aromatic carbocycles. The van der Waals surface area contributed by atoms with Crippen molar-refractivity contribution < 1.29 is 19.8 Å². The summed E-state index contributed by atoms with van der Waals surface area (Å²) in [5, 5.41) is 19.0. The second-order valence-corrected chi connectivity index (χ2v) is 7.59. The number of carboxylic acids is 1. The first-order valence-corrected chi connectivity index (χ1v) is 9.90. The van der Waals surface area contributed by atoms with E-state index in [9.17, 15) is 14.7 Å². The number of aliphatic hydroxyl groups excluding tert-OH is 1. The molecule has 1 fully saturated rings. The minimum absolute atomic E-state index is 0.0145. The Hall–Kier alpha value is -0.900. The lowest BCUT2D eigenvalue weighted by Crippen LogP contribution is -2.27. The summed E-state index contributed by atoms with van der Waals surface area (Å²) in [6, 6.07) is 0. The first-order chi connectivity index (χ1) is 11.5. The van der Waals surface area contributed by atoms with Gasteiger partial charge in [-0.3, -0.25) is 9.59 Å². The van der Waals surface area contributed by atoms with E-state index in [0.717, 1.165) is 32.1 Å². The molecule has 0 spiro atoms. The average molecular weight is 341 g/mol. The monoisotopic (exact) mass is 340 g/mol. The van der Waals surface area contributed by atoms with Crippen molar-refractivity contribution in [2.75, 3.05) is 0 Å². The highest BCUT2D eigenvalue weighted by Gasteiger charge is 2.43. The van der Waals surface area contributed by atoms with Gasteiger partial charge in [0.25, 0.3) is 0 Å². The summed E-state index contributed by atoms with van der Waals surface area (Å²) >= 11 is 0. The third-order valence-electron chi connectivity index (χ3n) is 5.56. The van der Waals surface area contributed by atoms with Crippen LogP contribution in [-0.4, -0.2) is 28.1 Å². The molecule has 24 heavy (non-hydrogen) atoms. The Morgan fingerprint density at radius 3 is 2.46 bits per heavy atom. The number of rotatable bonds is 13. The van der Waals surface area contributed by atoms with E-state index in [0.29, 0.717) is 18.8 Å². The molecular weight excluding hydrogens is 304 g/mol. The number of aliphatic carboxylic acids is 1. The minimum Gasteiger partial charge on any atom is -0.481 e. The highest BCUT2D eigenvalue weighted by molar-refractivity contribution is 5.84. The molecule has 0 aromatic rings. The predicted octanol–water partition coefficient (Wildman–Crippen LogP) is 4.58. The van der Waals surface area contributed by atoms with E-state index in [1.807, 2.05) is 0 Å². The van der Waals surface area contributed by atoms with Crippen molar-refractivity contribution in [3.05, 3.63) is 0 Å². The van der Waals surface area contributed by atoms with E-state index in [4.69, 9.17) is 5.11 Å². The lowest BCUT2D eigenvalue weighted by molar-refractivity contribution is -0.137. The standard InChI is InChI=1S/C20H36O4/c1-3-4-5-8-11-15(2)20-16(17(21)14-18(20)22)12-9-6-7-10-13-19(23)24/h15-16,18,20,22H,3-14H2,1-2H3,(H,23,24). The smallest absolute Gasteiger partial charge is 0.303 e. The van der Waals surface area contributed by atoms with Crippen molar-refractivity contribution in [3.63, 3.8) is 0 Å². The number of Topliss-reactive ketones (excluding diaryl/α,β-unsaturated/α-hetero) is 1. The normalized spacial score (nSPS) is 25.1. The zero-order valence-electron chi connectivity index (χ0n) is 15.5. The van der Waals surface area contributed by atoms with Crippen molar-refractivity contribution >= 4 is 11.8 Å². The molecular formula is C20H36O4. The fourth-order valence-electron chi connectivity index (χ4n) is 4.19. The van der Waals surface area contributed by atoms with Gasteiger partial charge < -0.3 is 10.2 Å². The van der Waals surface area contributed by atoms with Crippen molar-refractivity contribution in [1.29, 1.82) is 0 Å². The van der Waals surface area contributed by atoms with E-state index in [-0.39, 0.29) is 24.0 Å². The molecule has 4 heteroatoms. The Labute approximate surface area is 147 Å². The van der Waals surface area contributed by atoms with Crippen LogP contribution in [0, 0.1) is 17.8 Å². The van der Waals surface area contributed by atoms with Gasteiger partial charge in [-0.15, -0.1) is 0 Å². The Morgan fingerprint density at radius 1 is 1.12 bits per heavy atom. The van der Waals surface area contributed by atoms with Crippen LogP contribution in [0.15, 0.2) is 0 Å². The Kier molecular flexibility index (Phi) is 10.2. The lowest BCUT2D eigenvalue weighted by Gasteiger charge is -2.27. The minimum atomic E-state index is -0.735. The highest BCUT2D eigenvalue weighted by Crippen LogP contribution is 2.39. The van der Waals surface area contributed by atoms with Gasteiger partial charge >= 0.3 is 5.97 Å². The van der Waals surface area contributed by atoms with Crippen LogP contribution < -0.4 is 0 Å². The van der Waals surface area contributed by atoms with Crippen LogP contribution in [0.3, 0.4) is 0 Å². The first-order valence-electron chi connectivity index (χ1n) is 9.90. The molecule has 2 N–H and O–H groups in total. The molecule has 0 heterocycles. The molecule has 0 saturated heterocycles. The van der Waals surface area contributed by atoms with Crippen molar-refractivity contribution in [1.82, 2.24) is 0 Å². The van der Waals surface area contributed by atoms with Crippen LogP contribution in [0.25, 0.3) is 0 Å². The van der Waals surface area contributed by atoms with Gasteiger partial charge in [-0.1, -0.05) is 65.2 Å². The van der Waals surface area contributed by atoms with Gasteiger partial charge in [-0.2, -0.15) is 0 Å². The SMILES string of the molecule is CCCCCCC(C)C1C(O)CC(=O)C1CCCCCCC(=O)O. The van der Waals surface area contributed by atoms with Crippen molar-refractivity contribution in [2.24, 2.45) is 17.8 Å². The zero-order valence-corrected chi connectivity index (χ0v) is 15.5. The number of hydrogen-bond acceptors (Lipinski definition) is 3. The summed E-state index contributed by atoms with van der Waals surface area (Å²) in [6.45, 7) is 4.40.